The van der Waals surface area contributed by atoms with Gasteiger partial charge < -0.3 is 4.74 Å². The minimum Gasteiger partial charge on any atom is -0.459 e. The molecule has 9 nitrogen and oxygen atoms in total. The van der Waals surface area contributed by atoms with Gasteiger partial charge >= 0.3 is 11.7 Å². The van der Waals surface area contributed by atoms with Gasteiger partial charge in [-0.05, 0) is 36.0 Å². The summed E-state index contributed by atoms with van der Waals surface area (Å²) in [6.45, 7) is 2.11. The molecular weight excluding hydrogens is 354 g/mol. The Kier molecular flexibility index (Phi) is 6.02. The molecule has 25 heavy (non-hydrogen) atoms. The summed E-state index contributed by atoms with van der Waals surface area (Å²) in [6, 6.07) is 15.3. The molecule has 0 bridgehead atoms. The van der Waals surface area contributed by atoms with E-state index >= 15 is 0 Å². The second-order valence-corrected chi connectivity index (χ2v) is 5.36. The summed E-state index contributed by atoms with van der Waals surface area (Å²) >= 11 is 0. The van der Waals surface area contributed by atoms with Crippen LogP contribution in [0, 0.1) is 10.2 Å². The zero-order chi connectivity index (χ0) is 18.4. The molecule has 0 saturated carbocycles. The van der Waals surface area contributed by atoms with Crippen molar-refractivity contribution in [3.8, 4) is 5.69 Å². The molecule has 0 aliphatic heterocycles. The van der Waals surface area contributed by atoms with Gasteiger partial charge in [-0.1, -0.05) is 24.3 Å². The van der Waals surface area contributed by atoms with Crippen molar-refractivity contribution in [2.45, 2.75) is 6.92 Å². The first kappa shape index (κ1) is 18.8. The lowest BCUT2D eigenvalue weighted by molar-refractivity contribution is -2.00. The van der Waals surface area contributed by atoms with Crippen LogP contribution in [0.15, 0.2) is 54.7 Å². The lowest BCUT2D eigenvalue weighted by atomic mass is 10.3. The first-order chi connectivity index (χ1) is 11.8. The molecule has 10 heteroatoms. The Morgan fingerprint density at radius 2 is 1.72 bits per heavy atom. The Hall–Kier alpha value is -2.56. The van der Waals surface area contributed by atoms with E-state index in [2.05, 4.69) is 5.10 Å². The summed E-state index contributed by atoms with van der Waals surface area (Å²) in [7, 11) is -4.94. The molecule has 0 unspecified atom stereocenters. The maximum atomic E-state index is 12.0. The van der Waals surface area contributed by atoms with Gasteiger partial charge in [0.1, 0.15) is 11.9 Å². The fraction of sp³-hybridized carbons (Fsp3) is 0.133. The Bertz CT molecular complexity index is 841. The third kappa shape index (κ3) is 5.21. The predicted molar refractivity (Wildman–Crippen MR) is 72.7 cm³/mol. The third-order valence-corrected chi connectivity index (χ3v) is 2.94. The van der Waals surface area contributed by atoms with Crippen molar-refractivity contribution in [2.24, 2.45) is 0 Å². The van der Waals surface area contributed by atoms with Crippen LogP contribution in [0.1, 0.15) is 17.4 Å². The van der Waals surface area contributed by atoms with Gasteiger partial charge in [0.2, 0.25) is 5.52 Å². The van der Waals surface area contributed by atoms with E-state index < -0.39 is 16.2 Å². The van der Waals surface area contributed by atoms with E-state index in [0.717, 1.165) is 11.2 Å². The average Bonchev–Trinajstić information content (AvgIpc) is 2.94. The van der Waals surface area contributed by atoms with Crippen LogP contribution in [-0.4, -0.2) is 22.5 Å². The van der Waals surface area contributed by atoms with Gasteiger partial charge in [-0.3, -0.25) is 0 Å². The topological polar surface area (TPSA) is 140 Å². The van der Waals surface area contributed by atoms with Gasteiger partial charge in [-0.25, -0.2) is 23.4 Å². The first-order valence-corrected chi connectivity index (χ1v) is 8.28. The molecule has 0 spiro atoms. The van der Waals surface area contributed by atoms with Crippen LogP contribution in [0.5, 0.6) is 0 Å². The second kappa shape index (κ2) is 8.01. The van der Waals surface area contributed by atoms with Crippen LogP contribution in [-0.2, 0) is 4.74 Å². The Morgan fingerprint density at radius 1 is 1.12 bits per heavy atom. The molecule has 0 fully saturated rings. The zero-order valence-corrected chi connectivity index (χ0v) is 13.8. The lowest BCUT2D eigenvalue weighted by Gasteiger charge is -2.17. The van der Waals surface area contributed by atoms with Gasteiger partial charge in [0.05, 0.1) is 11.7 Å². The van der Waals surface area contributed by atoms with E-state index in [-0.39, 0.29) is 0 Å². The van der Waals surface area contributed by atoms with Crippen LogP contribution < -0.4 is 23.2 Å². The molecule has 3 aromatic rings. The number of aromatic nitrogens is 3. The number of pyridine rings is 1. The average molecular weight is 368 g/mol. The molecule has 0 atom stereocenters. The summed E-state index contributed by atoms with van der Waals surface area (Å²) in [5.41, 5.74) is 1.91. The van der Waals surface area contributed by atoms with Gasteiger partial charge in [0.25, 0.3) is 0 Å². The van der Waals surface area contributed by atoms with Crippen LogP contribution in [0.3, 0.4) is 0 Å². The number of hydrogen-bond donors (Lipinski definition) is 0. The summed E-state index contributed by atoms with van der Waals surface area (Å²) < 4.78 is 40.9. The first-order valence-electron chi connectivity index (χ1n) is 7.05. The number of carbonyl (C=O) groups is 1. The van der Waals surface area contributed by atoms with Gasteiger partial charge in [-0.2, -0.15) is 0 Å². The Morgan fingerprint density at radius 3 is 2.32 bits per heavy atom. The third-order valence-electron chi connectivity index (χ3n) is 2.94. The maximum Gasteiger partial charge on any atom is 0.390 e. The number of para-hydroxylation sites is 1. The van der Waals surface area contributed by atoms with Crippen LogP contribution in [0.25, 0.3) is 11.2 Å². The molecule has 0 saturated heterocycles. The largest absolute Gasteiger partial charge is 0.459 e. The molecule has 3 rings (SSSR count). The number of carbonyl (C=O) groups excluding carboxylic acids is 1. The van der Waals surface area contributed by atoms with Crippen LogP contribution >= 0.6 is 0 Å². The van der Waals surface area contributed by atoms with Crippen molar-refractivity contribution in [3.05, 3.63) is 60.4 Å². The Labute approximate surface area is 144 Å². The van der Waals surface area contributed by atoms with Gasteiger partial charge in [0.15, 0.2) is 0 Å². The monoisotopic (exact) mass is 367 g/mol. The summed E-state index contributed by atoms with van der Waals surface area (Å²) in [6.07, 6.45) is 1.86. The molecule has 1 aromatic carbocycles. The molecule has 0 aliphatic carbocycles. The van der Waals surface area contributed by atoms with E-state index in [9.17, 15) is 4.79 Å². The van der Waals surface area contributed by atoms with E-state index in [1.165, 1.54) is 0 Å². The molecule has 0 N–H and O–H groups in total. The fourth-order valence-electron chi connectivity index (χ4n) is 2.07. The summed E-state index contributed by atoms with van der Waals surface area (Å²) in [5.74, 6) is -0.411. The van der Waals surface area contributed by atoms with Gasteiger partial charge in [-0.15, -0.1) is 14.8 Å². The zero-order valence-electron chi connectivity index (χ0n) is 13.1. The van der Waals surface area contributed by atoms with Crippen LogP contribution in [0.2, 0.25) is 0 Å². The minimum atomic E-state index is -4.94. The minimum absolute atomic E-state index is 0.316. The number of esters is 1. The normalized spacial score (nSPS) is 10.9. The number of nitrogens with zero attached hydrogens (tertiary/aromatic N) is 3. The standard InChI is InChI=1S/C15H14N3O2.ClHO4/c1-2-20-15(19)14-13-10-6-7-11-17(13)18(16-14)12-8-4-3-5-9-12;2-1(3,4)5/h3-11H,2H2,1H3;(H,2,3,4,5)/q+1;/p-1. The fourth-order valence-corrected chi connectivity index (χ4v) is 2.07. The molecule has 0 radical (unpaired) electrons. The Balaban J connectivity index is 0.000000399. The molecule has 2 heterocycles. The van der Waals surface area contributed by atoms with E-state index in [1.807, 2.05) is 59.2 Å². The number of ether oxygens (including phenoxy) is 1. The maximum absolute atomic E-state index is 12.0. The number of rotatable bonds is 3. The highest BCUT2D eigenvalue weighted by Crippen LogP contribution is 2.09. The van der Waals surface area contributed by atoms with Crippen molar-refractivity contribution in [1.82, 2.24) is 9.90 Å². The van der Waals surface area contributed by atoms with Crippen molar-refractivity contribution in [2.75, 3.05) is 6.61 Å². The highest BCUT2D eigenvalue weighted by Gasteiger charge is 2.27. The predicted octanol–water partition coefficient (Wildman–Crippen LogP) is -2.97. The number of hydrogen-bond acceptors (Lipinski definition) is 7. The van der Waals surface area contributed by atoms with E-state index in [4.69, 9.17) is 23.4 Å². The smallest absolute Gasteiger partial charge is 0.390 e. The van der Waals surface area contributed by atoms with Crippen molar-refractivity contribution >= 4 is 11.5 Å². The van der Waals surface area contributed by atoms with E-state index in [1.54, 1.807) is 11.7 Å². The van der Waals surface area contributed by atoms with Crippen molar-refractivity contribution in [3.63, 3.8) is 0 Å². The number of benzene rings is 1. The highest BCUT2D eigenvalue weighted by atomic mass is 35.7. The van der Waals surface area contributed by atoms with E-state index in [0.29, 0.717) is 12.3 Å². The van der Waals surface area contributed by atoms with Crippen LogP contribution in [0.4, 0.5) is 0 Å². The molecular formula is C15H14ClN3O6. The van der Waals surface area contributed by atoms with Gasteiger partial charge in [0, 0.05) is 0 Å². The summed E-state index contributed by atoms with van der Waals surface area (Å²) in [4.78, 5) is 13.7. The molecule has 0 aliphatic rings. The second-order valence-electron chi connectivity index (χ2n) is 4.60. The molecule has 0 amide bonds. The summed E-state index contributed by atoms with van der Waals surface area (Å²) in [5, 5.41) is 4.38. The quantitative estimate of drug-likeness (QED) is 0.355. The highest BCUT2D eigenvalue weighted by molar-refractivity contribution is 5.93. The lowest BCUT2D eigenvalue weighted by Crippen LogP contribution is -2.68. The van der Waals surface area contributed by atoms with Crippen molar-refractivity contribution in [1.29, 1.82) is 0 Å². The number of fused-ring (bicyclic) bond motifs is 1. The molecule has 2 aromatic heterocycles. The SMILES string of the molecule is CCOC(=O)c1nn(-c2ccccc2)[n+]2ccccc12.[O-][Cl+3]([O-])([O-])[O-]. The molecule has 132 valence electrons. The van der Waals surface area contributed by atoms with Crippen molar-refractivity contribution < 1.29 is 42.9 Å². The number of halogens is 1.